The summed E-state index contributed by atoms with van der Waals surface area (Å²) in [6.45, 7) is 1.60. The number of carbonyl (C=O) groups excluding carboxylic acids is 2. The Morgan fingerprint density at radius 3 is 3.00 bits per heavy atom. The Morgan fingerprint density at radius 1 is 1.40 bits per heavy atom. The highest BCUT2D eigenvalue weighted by Gasteiger charge is 2.19. The molecule has 5 heteroatoms. The zero-order valence-electron chi connectivity index (χ0n) is 8.32. The summed E-state index contributed by atoms with van der Waals surface area (Å²) in [4.78, 5) is 27.5. The number of nitrogens with one attached hydrogen (secondary N) is 2. The van der Waals surface area contributed by atoms with Crippen molar-refractivity contribution in [1.82, 2.24) is 15.2 Å². The molecule has 1 aromatic heterocycles. The molecule has 0 spiro atoms. The third kappa shape index (κ3) is 2.18. The third-order valence-electron chi connectivity index (χ3n) is 2.43. The molecule has 1 fully saturated rings. The fourth-order valence-corrected chi connectivity index (χ4v) is 1.60. The van der Waals surface area contributed by atoms with Crippen molar-refractivity contribution in [2.45, 2.75) is 6.42 Å². The quantitative estimate of drug-likeness (QED) is 0.679. The van der Waals surface area contributed by atoms with Crippen LogP contribution in [-0.4, -0.2) is 41.3 Å². The van der Waals surface area contributed by atoms with E-state index in [0.29, 0.717) is 31.7 Å². The van der Waals surface area contributed by atoms with Crippen LogP contribution in [0.2, 0.25) is 0 Å². The highest BCUT2D eigenvalue weighted by Crippen LogP contribution is 2.04. The number of carbonyl (C=O) groups is 2. The van der Waals surface area contributed by atoms with Gasteiger partial charge in [-0.05, 0) is 12.1 Å². The summed E-state index contributed by atoms with van der Waals surface area (Å²) in [7, 11) is 0. The summed E-state index contributed by atoms with van der Waals surface area (Å²) in [6, 6.07) is 3.52. The van der Waals surface area contributed by atoms with Crippen molar-refractivity contribution in [1.29, 1.82) is 0 Å². The minimum absolute atomic E-state index is 0.0109. The molecule has 15 heavy (non-hydrogen) atoms. The van der Waals surface area contributed by atoms with Crippen LogP contribution >= 0.6 is 0 Å². The fraction of sp³-hybridized carbons (Fsp3) is 0.400. The van der Waals surface area contributed by atoms with Crippen LogP contribution < -0.4 is 5.32 Å². The summed E-state index contributed by atoms with van der Waals surface area (Å²) in [5.74, 6) is -0.0340. The van der Waals surface area contributed by atoms with Gasteiger partial charge in [-0.1, -0.05) is 0 Å². The van der Waals surface area contributed by atoms with Crippen LogP contribution in [0.4, 0.5) is 0 Å². The highest BCUT2D eigenvalue weighted by atomic mass is 16.2. The number of rotatable bonds is 1. The van der Waals surface area contributed by atoms with Gasteiger partial charge in [0.15, 0.2) is 0 Å². The molecule has 2 N–H and O–H groups in total. The number of H-pyrrole nitrogens is 1. The first-order chi connectivity index (χ1) is 7.27. The largest absolute Gasteiger partial charge is 0.357 e. The van der Waals surface area contributed by atoms with Crippen molar-refractivity contribution in [2.24, 2.45) is 0 Å². The number of amides is 2. The van der Waals surface area contributed by atoms with Gasteiger partial charge in [0.1, 0.15) is 5.69 Å². The molecule has 0 bridgehead atoms. The van der Waals surface area contributed by atoms with Gasteiger partial charge >= 0.3 is 0 Å². The third-order valence-corrected chi connectivity index (χ3v) is 2.43. The molecule has 1 aliphatic rings. The Bertz CT molecular complexity index is 359. The second-order valence-corrected chi connectivity index (χ2v) is 3.48. The summed E-state index contributed by atoms with van der Waals surface area (Å²) in [5.41, 5.74) is 0.573. The maximum Gasteiger partial charge on any atom is 0.270 e. The molecule has 0 radical (unpaired) electrons. The van der Waals surface area contributed by atoms with Crippen molar-refractivity contribution >= 4 is 11.8 Å². The van der Waals surface area contributed by atoms with Crippen LogP contribution in [-0.2, 0) is 4.79 Å². The predicted molar refractivity (Wildman–Crippen MR) is 54.3 cm³/mol. The average molecular weight is 207 g/mol. The van der Waals surface area contributed by atoms with Crippen molar-refractivity contribution in [3.8, 4) is 0 Å². The lowest BCUT2D eigenvalue weighted by Gasteiger charge is -2.18. The lowest BCUT2D eigenvalue weighted by atomic mass is 10.3. The molecule has 0 aromatic carbocycles. The van der Waals surface area contributed by atoms with Crippen LogP contribution in [0.25, 0.3) is 0 Å². The summed E-state index contributed by atoms with van der Waals surface area (Å²) < 4.78 is 0. The Kier molecular flexibility index (Phi) is 2.71. The molecule has 0 atom stereocenters. The van der Waals surface area contributed by atoms with Gasteiger partial charge in [0.25, 0.3) is 5.91 Å². The lowest BCUT2D eigenvalue weighted by molar-refractivity contribution is -0.120. The SMILES string of the molecule is O=C1CCN(C(=O)c2ccc[nH]2)CCN1. The van der Waals surface area contributed by atoms with Crippen molar-refractivity contribution < 1.29 is 9.59 Å². The molecule has 0 unspecified atom stereocenters. The summed E-state index contributed by atoms with van der Waals surface area (Å²) in [5, 5.41) is 2.73. The molecular weight excluding hydrogens is 194 g/mol. The van der Waals surface area contributed by atoms with E-state index in [0.717, 1.165) is 0 Å². The molecule has 1 saturated heterocycles. The van der Waals surface area contributed by atoms with E-state index in [1.807, 2.05) is 0 Å². The van der Waals surface area contributed by atoms with Crippen LogP contribution in [0, 0.1) is 0 Å². The van der Waals surface area contributed by atoms with Crippen LogP contribution in [0.15, 0.2) is 18.3 Å². The van der Waals surface area contributed by atoms with Crippen LogP contribution in [0.3, 0.4) is 0 Å². The topological polar surface area (TPSA) is 65.2 Å². The zero-order valence-corrected chi connectivity index (χ0v) is 8.32. The fourth-order valence-electron chi connectivity index (χ4n) is 1.60. The van der Waals surface area contributed by atoms with E-state index < -0.39 is 0 Å². The maximum absolute atomic E-state index is 11.9. The highest BCUT2D eigenvalue weighted by molar-refractivity contribution is 5.93. The van der Waals surface area contributed by atoms with Gasteiger partial charge in [-0.3, -0.25) is 9.59 Å². The molecule has 2 rings (SSSR count). The van der Waals surface area contributed by atoms with Gasteiger partial charge in [-0.15, -0.1) is 0 Å². The first kappa shape index (κ1) is 9.76. The van der Waals surface area contributed by atoms with E-state index in [9.17, 15) is 9.59 Å². The maximum atomic E-state index is 11.9. The van der Waals surface area contributed by atoms with E-state index >= 15 is 0 Å². The second kappa shape index (κ2) is 4.16. The van der Waals surface area contributed by atoms with Gasteiger partial charge in [-0.2, -0.15) is 0 Å². The molecule has 0 aliphatic carbocycles. The van der Waals surface area contributed by atoms with E-state index in [-0.39, 0.29) is 11.8 Å². The first-order valence-corrected chi connectivity index (χ1v) is 4.97. The Labute approximate surface area is 87.5 Å². The van der Waals surface area contributed by atoms with E-state index in [1.165, 1.54) is 0 Å². The summed E-state index contributed by atoms with van der Waals surface area (Å²) in [6.07, 6.45) is 2.10. The van der Waals surface area contributed by atoms with Gasteiger partial charge in [0.2, 0.25) is 5.91 Å². The monoisotopic (exact) mass is 207 g/mol. The number of aromatic amines is 1. The van der Waals surface area contributed by atoms with Gasteiger partial charge in [0.05, 0.1) is 0 Å². The van der Waals surface area contributed by atoms with Gasteiger partial charge in [0, 0.05) is 32.3 Å². The smallest absolute Gasteiger partial charge is 0.270 e. The minimum Gasteiger partial charge on any atom is -0.357 e. The Balaban J connectivity index is 2.04. The zero-order chi connectivity index (χ0) is 10.7. The predicted octanol–water partition coefficient (Wildman–Crippen LogP) is -0.0232. The first-order valence-electron chi connectivity index (χ1n) is 4.97. The van der Waals surface area contributed by atoms with E-state index in [1.54, 1.807) is 23.2 Å². The lowest BCUT2D eigenvalue weighted by Crippen LogP contribution is -2.34. The molecule has 80 valence electrons. The van der Waals surface area contributed by atoms with Gasteiger partial charge < -0.3 is 15.2 Å². The molecule has 1 aromatic rings. The molecular formula is C10H13N3O2. The normalized spacial score (nSPS) is 17.1. The molecule has 2 heterocycles. The number of nitrogens with zero attached hydrogens (tertiary/aromatic N) is 1. The Hall–Kier alpha value is -1.78. The van der Waals surface area contributed by atoms with Crippen LogP contribution in [0.5, 0.6) is 0 Å². The molecule has 0 saturated carbocycles. The van der Waals surface area contributed by atoms with Crippen molar-refractivity contribution in [3.05, 3.63) is 24.0 Å². The molecule has 2 amide bonds. The number of hydrogen-bond acceptors (Lipinski definition) is 2. The number of hydrogen-bond donors (Lipinski definition) is 2. The van der Waals surface area contributed by atoms with E-state index in [4.69, 9.17) is 0 Å². The van der Waals surface area contributed by atoms with Crippen molar-refractivity contribution in [3.63, 3.8) is 0 Å². The summed E-state index contributed by atoms with van der Waals surface area (Å²) >= 11 is 0. The standard InChI is InChI=1S/C10H13N3O2/c14-9-3-6-13(7-5-12-9)10(15)8-2-1-4-11-8/h1-2,4,11H,3,5-7H2,(H,12,14). The van der Waals surface area contributed by atoms with Gasteiger partial charge in [-0.25, -0.2) is 0 Å². The number of aromatic nitrogens is 1. The molecule has 1 aliphatic heterocycles. The minimum atomic E-state index is -0.0449. The molecule has 5 nitrogen and oxygen atoms in total. The van der Waals surface area contributed by atoms with Crippen molar-refractivity contribution in [2.75, 3.05) is 19.6 Å². The average Bonchev–Trinajstić information content (AvgIpc) is 2.67. The van der Waals surface area contributed by atoms with E-state index in [2.05, 4.69) is 10.3 Å². The second-order valence-electron chi connectivity index (χ2n) is 3.48. The van der Waals surface area contributed by atoms with Crippen LogP contribution in [0.1, 0.15) is 16.9 Å². The Morgan fingerprint density at radius 2 is 2.27 bits per heavy atom.